The lowest BCUT2D eigenvalue weighted by Crippen LogP contribution is -2.36. The molecular weight excluding hydrogens is 326 g/mol. The molecule has 0 saturated heterocycles. The van der Waals surface area contributed by atoms with E-state index in [0.717, 1.165) is 23.3 Å². The summed E-state index contributed by atoms with van der Waals surface area (Å²) in [6, 6.07) is 13.9. The summed E-state index contributed by atoms with van der Waals surface area (Å²) in [7, 11) is 0. The first-order chi connectivity index (χ1) is 12.7. The molecule has 3 N–H and O–H groups in total. The number of hydrogen-bond donors (Lipinski definition) is 3. The first-order valence-electron chi connectivity index (χ1n) is 8.96. The zero-order valence-corrected chi connectivity index (χ0v) is 15.3. The molecule has 0 fully saturated rings. The summed E-state index contributed by atoms with van der Waals surface area (Å²) in [5.41, 5.74) is 4.55. The van der Waals surface area contributed by atoms with E-state index in [-0.39, 0.29) is 6.03 Å². The van der Waals surface area contributed by atoms with Crippen LogP contribution in [0.1, 0.15) is 23.6 Å². The van der Waals surface area contributed by atoms with Gasteiger partial charge in [0.1, 0.15) is 5.75 Å². The van der Waals surface area contributed by atoms with Crippen LogP contribution in [0, 0.1) is 6.92 Å². The molecule has 26 heavy (non-hydrogen) atoms. The Morgan fingerprint density at radius 3 is 2.81 bits per heavy atom. The number of fused-ring (bicyclic) bond motifs is 1. The van der Waals surface area contributed by atoms with Gasteiger partial charge in [-0.2, -0.15) is 0 Å². The number of aromatic amines is 1. The number of benzene rings is 2. The smallest absolute Gasteiger partial charge is 0.315 e. The van der Waals surface area contributed by atoms with E-state index in [1.165, 1.54) is 16.5 Å². The van der Waals surface area contributed by atoms with Gasteiger partial charge in [0.15, 0.2) is 0 Å². The Balaban J connectivity index is 1.48. The van der Waals surface area contributed by atoms with Crippen LogP contribution in [0.4, 0.5) is 4.79 Å². The highest BCUT2D eigenvalue weighted by molar-refractivity contribution is 5.83. The normalized spacial score (nSPS) is 10.7. The summed E-state index contributed by atoms with van der Waals surface area (Å²) in [6.45, 7) is 5.65. The molecule has 136 valence electrons. The molecule has 0 aliphatic heterocycles. The molecule has 0 unspecified atom stereocenters. The Morgan fingerprint density at radius 2 is 1.96 bits per heavy atom. The number of para-hydroxylation sites is 1. The molecule has 0 saturated carbocycles. The number of rotatable bonds is 7. The van der Waals surface area contributed by atoms with Gasteiger partial charge in [-0.3, -0.25) is 0 Å². The third-order valence-electron chi connectivity index (χ3n) is 4.31. The van der Waals surface area contributed by atoms with E-state index in [1.54, 1.807) is 0 Å². The first-order valence-corrected chi connectivity index (χ1v) is 8.96. The van der Waals surface area contributed by atoms with Crippen LogP contribution in [0.15, 0.2) is 48.7 Å². The van der Waals surface area contributed by atoms with E-state index in [0.29, 0.717) is 19.7 Å². The van der Waals surface area contributed by atoms with Crippen LogP contribution in [0.3, 0.4) is 0 Å². The molecule has 1 aromatic heterocycles. The van der Waals surface area contributed by atoms with Gasteiger partial charge in [-0.05, 0) is 43.5 Å². The molecule has 1 heterocycles. The number of amides is 2. The third-order valence-corrected chi connectivity index (χ3v) is 4.31. The molecule has 0 aliphatic carbocycles. The molecule has 3 aromatic rings. The van der Waals surface area contributed by atoms with Crippen molar-refractivity contribution in [3.05, 3.63) is 65.4 Å². The van der Waals surface area contributed by atoms with Crippen molar-refractivity contribution in [2.24, 2.45) is 0 Å². The van der Waals surface area contributed by atoms with E-state index >= 15 is 0 Å². The van der Waals surface area contributed by atoms with E-state index in [4.69, 9.17) is 4.74 Å². The molecular formula is C21H25N3O2. The number of carbonyl (C=O) groups is 1. The van der Waals surface area contributed by atoms with Gasteiger partial charge in [0, 0.05) is 35.8 Å². The Labute approximate surface area is 153 Å². The summed E-state index contributed by atoms with van der Waals surface area (Å²) < 4.78 is 5.57. The molecule has 0 bridgehead atoms. The average Bonchev–Trinajstić information content (AvgIpc) is 3.03. The Hall–Kier alpha value is -2.95. The van der Waals surface area contributed by atoms with Crippen molar-refractivity contribution in [3.8, 4) is 5.75 Å². The van der Waals surface area contributed by atoms with Crippen molar-refractivity contribution >= 4 is 16.9 Å². The highest BCUT2D eigenvalue weighted by Gasteiger charge is 2.07. The van der Waals surface area contributed by atoms with Gasteiger partial charge < -0.3 is 20.4 Å². The lowest BCUT2D eigenvalue weighted by Gasteiger charge is -2.11. The van der Waals surface area contributed by atoms with E-state index in [9.17, 15) is 4.79 Å². The highest BCUT2D eigenvalue weighted by Crippen LogP contribution is 2.20. The van der Waals surface area contributed by atoms with Gasteiger partial charge in [-0.1, -0.05) is 30.3 Å². The number of aromatic nitrogens is 1. The van der Waals surface area contributed by atoms with E-state index in [2.05, 4.69) is 40.7 Å². The van der Waals surface area contributed by atoms with Crippen molar-refractivity contribution in [1.29, 1.82) is 0 Å². The second-order valence-corrected chi connectivity index (χ2v) is 6.26. The second kappa shape index (κ2) is 8.43. The second-order valence-electron chi connectivity index (χ2n) is 6.26. The molecule has 0 spiro atoms. The number of nitrogens with one attached hydrogen (secondary N) is 3. The monoisotopic (exact) mass is 351 g/mol. The quantitative estimate of drug-likeness (QED) is 0.604. The van der Waals surface area contributed by atoms with Gasteiger partial charge in [-0.15, -0.1) is 0 Å². The maximum absolute atomic E-state index is 12.1. The maximum atomic E-state index is 12.1. The van der Waals surface area contributed by atoms with E-state index < -0.39 is 0 Å². The van der Waals surface area contributed by atoms with Crippen LogP contribution in [-0.4, -0.2) is 24.2 Å². The summed E-state index contributed by atoms with van der Waals surface area (Å²) >= 11 is 0. The largest absolute Gasteiger partial charge is 0.494 e. The predicted molar refractivity (Wildman–Crippen MR) is 105 cm³/mol. The van der Waals surface area contributed by atoms with E-state index in [1.807, 2.05) is 37.4 Å². The lowest BCUT2D eigenvalue weighted by molar-refractivity contribution is 0.240. The van der Waals surface area contributed by atoms with Crippen molar-refractivity contribution in [3.63, 3.8) is 0 Å². The van der Waals surface area contributed by atoms with Gasteiger partial charge in [0.05, 0.1) is 6.61 Å². The standard InChI is InChI=1S/C21H25N3O2/c1-3-26-20-7-5-4-6-17(20)14-24-21(25)22-11-10-16-13-23-19-12-15(2)8-9-18(16)19/h4-9,12-13,23H,3,10-11,14H2,1-2H3,(H2,22,24,25). The topological polar surface area (TPSA) is 66.2 Å². The van der Waals surface area contributed by atoms with Crippen molar-refractivity contribution < 1.29 is 9.53 Å². The maximum Gasteiger partial charge on any atom is 0.315 e. The summed E-state index contributed by atoms with van der Waals surface area (Å²) in [4.78, 5) is 15.3. The van der Waals surface area contributed by atoms with Crippen LogP contribution in [0.2, 0.25) is 0 Å². The van der Waals surface area contributed by atoms with Gasteiger partial charge in [0.25, 0.3) is 0 Å². The molecule has 0 atom stereocenters. The third kappa shape index (κ3) is 4.36. The van der Waals surface area contributed by atoms with Gasteiger partial charge >= 0.3 is 6.03 Å². The predicted octanol–water partition coefficient (Wildman–Crippen LogP) is 3.92. The molecule has 0 radical (unpaired) electrons. The Kier molecular flexibility index (Phi) is 5.79. The number of H-pyrrole nitrogens is 1. The Bertz CT molecular complexity index is 886. The molecule has 2 aromatic carbocycles. The number of urea groups is 1. The van der Waals surface area contributed by atoms with Crippen molar-refractivity contribution in [2.45, 2.75) is 26.8 Å². The summed E-state index contributed by atoms with van der Waals surface area (Å²) in [5, 5.41) is 7.01. The molecule has 2 amide bonds. The fourth-order valence-corrected chi connectivity index (χ4v) is 3.00. The van der Waals surface area contributed by atoms with Crippen LogP contribution in [-0.2, 0) is 13.0 Å². The van der Waals surface area contributed by atoms with Gasteiger partial charge in [0.2, 0.25) is 0 Å². The number of ether oxygens (including phenoxy) is 1. The SMILES string of the molecule is CCOc1ccccc1CNC(=O)NCCc1c[nH]c2cc(C)ccc12. The van der Waals surface area contributed by atoms with Gasteiger partial charge in [-0.25, -0.2) is 4.79 Å². The Morgan fingerprint density at radius 1 is 1.12 bits per heavy atom. The zero-order valence-electron chi connectivity index (χ0n) is 15.3. The number of carbonyl (C=O) groups excluding carboxylic acids is 1. The molecule has 0 aliphatic rings. The number of aryl methyl sites for hydroxylation is 1. The van der Waals surface area contributed by atoms with Crippen molar-refractivity contribution in [2.75, 3.05) is 13.2 Å². The highest BCUT2D eigenvalue weighted by atomic mass is 16.5. The van der Waals surface area contributed by atoms with Crippen LogP contribution in [0.5, 0.6) is 5.75 Å². The van der Waals surface area contributed by atoms with Crippen LogP contribution < -0.4 is 15.4 Å². The minimum atomic E-state index is -0.174. The summed E-state index contributed by atoms with van der Waals surface area (Å²) in [6.07, 6.45) is 2.80. The van der Waals surface area contributed by atoms with Crippen LogP contribution in [0.25, 0.3) is 10.9 Å². The van der Waals surface area contributed by atoms with Crippen molar-refractivity contribution in [1.82, 2.24) is 15.6 Å². The minimum Gasteiger partial charge on any atom is -0.494 e. The summed E-state index contributed by atoms with van der Waals surface area (Å²) in [5.74, 6) is 0.810. The molecule has 5 heteroatoms. The zero-order chi connectivity index (χ0) is 18.4. The number of hydrogen-bond acceptors (Lipinski definition) is 2. The fraction of sp³-hybridized carbons (Fsp3) is 0.286. The fourth-order valence-electron chi connectivity index (χ4n) is 3.00. The first kappa shape index (κ1) is 17.9. The minimum absolute atomic E-state index is 0.174. The lowest BCUT2D eigenvalue weighted by atomic mass is 10.1. The molecule has 5 nitrogen and oxygen atoms in total. The molecule has 3 rings (SSSR count). The van der Waals surface area contributed by atoms with Crippen LogP contribution >= 0.6 is 0 Å². The average molecular weight is 351 g/mol.